The van der Waals surface area contributed by atoms with Crippen LogP contribution in [0, 0.1) is 0 Å². The lowest BCUT2D eigenvalue weighted by Gasteiger charge is -2.42. The number of carboxylic acid groups (broad SMARTS) is 1. The second kappa shape index (κ2) is 7.97. The molecule has 32 heavy (non-hydrogen) atoms. The number of fused-ring (bicyclic) bond motifs is 4. The number of nitrogens with zero attached hydrogens (tertiary/aromatic N) is 2. The molecular weight excluding hydrogens is 436 g/mol. The average Bonchev–Trinajstić information content (AvgIpc) is 3.17. The van der Waals surface area contributed by atoms with Gasteiger partial charge in [-0.2, -0.15) is 0 Å². The maximum atomic E-state index is 13.2. The molecule has 170 valence electrons. The fourth-order valence-electron chi connectivity index (χ4n) is 5.24. The largest absolute Gasteiger partial charge is 0.480 e. The molecule has 2 aromatic rings. The van der Waals surface area contributed by atoms with E-state index in [0.717, 1.165) is 43.1 Å². The zero-order valence-corrected chi connectivity index (χ0v) is 18.3. The number of halogens is 1. The standard InChI is InChI=1S/C22H25ClN4O5/c23-14-10-13-11-15(20(30)27-8-6-26(7-9-27)12-16(28)29)32-19(13)17-18(14)24-21(31)25-22(17)4-2-1-3-5-22/h10-11H,1-9,12H2,(H,28,29)(H2,24,25,31). The number of amides is 3. The van der Waals surface area contributed by atoms with Gasteiger partial charge in [-0.25, -0.2) is 4.79 Å². The summed E-state index contributed by atoms with van der Waals surface area (Å²) in [6.07, 6.45) is 4.66. The van der Waals surface area contributed by atoms with E-state index in [0.29, 0.717) is 42.5 Å². The van der Waals surface area contributed by atoms with Crippen molar-refractivity contribution in [3.8, 4) is 0 Å². The molecule has 0 bridgehead atoms. The number of furan rings is 1. The second-order valence-electron chi connectivity index (χ2n) is 8.82. The topological polar surface area (TPSA) is 115 Å². The lowest BCUT2D eigenvalue weighted by Crippen LogP contribution is -2.52. The van der Waals surface area contributed by atoms with Crippen molar-refractivity contribution < 1.29 is 23.9 Å². The summed E-state index contributed by atoms with van der Waals surface area (Å²) in [5, 5.41) is 16.0. The van der Waals surface area contributed by atoms with Gasteiger partial charge in [0.25, 0.3) is 5.91 Å². The van der Waals surface area contributed by atoms with E-state index in [2.05, 4.69) is 10.6 Å². The fraction of sp³-hybridized carbons (Fsp3) is 0.500. The van der Waals surface area contributed by atoms with Crippen molar-refractivity contribution in [2.24, 2.45) is 0 Å². The van der Waals surface area contributed by atoms with Gasteiger partial charge < -0.3 is 25.1 Å². The fourth-order valence-corrected chi connectivity index (χ4v) is 5.50. The minimum Gasteiger partial charge on any atom is -0.480 e. The van der Waals surface area contributed by atoms with Crippen molar-refractivity contribution in [1.29, 1.82) is 0 Å². The first-order chi connectivity index (χ1) is 15.4. The molecule has 0 radical (unpaired) electrons. The molecule has 2 fully saturated rings. The van der Waals surface area contributed by atoms with Gasteiger partial charge in [0.05, 0.1) is 22.8 Å². The number of carbonyl (C=O) groups excluding carboxylic acids is 2. The molecule has 1 aromatic carbocycles. The number of rotatable bonds is 3. The summed E-state index contributed by atoms with van der Waals surface area (Å²) >= 11 is 6.55. The number of carboxylic acids is 1. The van der Waals surface area contributed by atoms with Crippen LogP contribution in [0.5, 0.6) is 0 Å². The van der Waals surface area contributed by atoms with E-state index in [1.807, 2.05) is 4.90 Å². The van der Waals surface area contributed by atoms with Crippen LogP contribution in [0.3, 0.4) is 0 Å². The van der Waals surface area contributed by atoms with Gasteiger partial charge >= 0.3 is 12.0 Å². The number of piperazine rings is 1. The number of benzene rings is 1. The molecule has 1 saturated carbocycles. The van der Waals surface area contributed by atoms with Gasteiger partial charge in [0.15, 0.2) is 5.76 Å². The predicted octanol–water partition coefficient (Wildman–Crippen LogP) is 3.22. The van der Waals surface area contributed by atoms with E-state index < -0.39 is 11.5 Å². The minimum atomic E-state index is -0.874. The first-order valence-electron chi connectivity index (χ1n) is 11.0. The quantitative estimate of drug-likeness (QED) is 0.647. The normalized spacial score (nSPS) is 20.7. The molecule has 0 unspecified atom stereocenters. The number of hydrogen-bond donors (Lipinski definition) is 3. The number of anilines is 1. The summed E-state index contributed by atoms with van der Waals surface area (Å²) in [5.74, 6) is -0.883. The molecule has 1 aliphatic carbocycles. The Morgan fingerprint density at radius 1 is 1.12 bits per heavy atom. The Morgan fingerprint density at radius 3 is 2.53 bits per heavy atom. The molecule has 5 rings (SSSR count). The van der Waals surface area contributed by atoms with Gasteiger partial charge in [-0.15, -0.1) is 0 Å². The Kier molecular flexibility index (Phi) is 5.25. The van der Waals surface area contributed by atoms with Crippen molar-refractivity contribution >= 4 is 46.2 Å². The smallest absolute Gasteiger partial charge is 0.319 e. The summed E-state index contributed by atoms with van der Waals surface area (Å²) in [4.78, 5) is 39.9. The van der Waals surface area contributed by atoms with Gasteiger partial charge in [-0.1, -0.05) is 30.9 Å². The van der Waals surface area contributed by atoms with Crippen LogP contribution in [-0.2, 0) is 10.3 Å². The van der Waals surface area contributed by atoms with Crippen molar-refractivity contribution in [2.75, 3.05) is 38.0 Å². The molecule has 1 saturated heterocycles. The summed E-state index contributed by atoms with van der Waals surface area (Å²) in [5.41, 5.74) is 1.40. The average molecular weight is 461 g/mol. The lowest BCUT2D eigenvalue weighted by molar-refractivity contribution is -0.138. The van der Waals surface area contributed by atoms with Gasteiger partial charge in [-0.3, -0.25) is 14.5 Å². The minimum absolute atomic E-state index is 0.0297. The Bertz CT molecular complexity index is 1100. The highest BCUT2D eigenvalue weighted by Crippen LogP contribution is 2.49. The summed E-state index contributed by atoms with van der Waals surface area (Å²) in [7, 11) is 0. The number of urea groups is 1. The second-order valence-corrected chi connectivity index (χ2v) is 9.23. The highest BCUT2D eigenvalue weighted by molar-refractivity contribution is 6.35. The number of hydrogen-bond acceptors (Lipinski definition) is 5. The van der Waals surface area contributed by atoms with Crippen LogP contribution >= 0.6 is 11.6 Å². The lowest BCUT2D eigenvalue weighted by atomic mass is 9.74. The SMILES string of the molecule is O=C(O)CN1CCN(C(=O)c2cc3cc(Cl)c4c(c3o2)C2(CCCCC2)NC(=O)N4)CC1. The van der Waals surface area contributed by atoms with Crippen LogP contribution in [0.1, 0.15) is 48.2 Å². The number of nitrogens with one attached hydrogen (secondary N) is 2. The molecule has 3 heterocycles. The third-order valence-electron chi connectivity index (χ3n) is 6.77. The molecule has 1 spiro atoms. The van der Waals surface area contributed by atoms with Crippen LogP contribution in [0.2, 0.25) is 5.02 Å². The van der Waals surface area contributed by atoms with Gasteiger partial charge in [0.2, 0.25) is 0 Å². The van der Waals surface area contributed by atoms with E-state index in [-0.39, 0.29) is 24.2 Å². The zero-order chi connectivity index (χ0) is 22.5. The van der Waals surface area contributed by atoms with Crippen molar-refractivity contribution in [2.45, 2.75) is 37.6 Å². The van der Waals surface area contributed by atoms with Gasteiger partial charge in [0, 0.05) is 37.1 Å². The Labute approximate surface area is 189 Å². The van der Waals surface area contributed by atoms with Gasteiger partial charge in [-0.05, 0) is 25.0 Å². The Hall–Kier alpha value is -2.78. The van der Waals surface area contributed by atoms with Crippen molar-refractivity contribution in [1.82, 2.24) is 15.1 Å². The van der Waals surface area contributed by atoms with Crippen LogP contribution in [0.4, 0.5) is 10.5 Å². The monoisotopic (exact) mass is 460 g/mol. The van der Waals surface area contributed by atoms with Crippen LogP contribution in [0.25, 0.3) is 11.0 Å². The van der Waals surface area contributed by atoms with E-state index in [4.69, 9.17) is 21.1 Å². The Balaban J connectivity index is 1.49. The molecule has 2 aliphatic heterocycles. The van der Waals surface area contributed by atoms with Crippen LogP contribution in [0.15, 0.2) is 16.5 Å². The third kappa shape index (κ3) is 3.59. The van der Waals surface area contributed by atoms with Crippen molar-refractivity contribution in [3.63, 3.8) is 0 Å². The first-order valence-corrected chi connectivity index (χ1v) is 11.3. The third-order valence-corrected chi connectivity index (χ3v) is 7.06. The Morgan fingerprint density at radius 2 is 1.84 bits per heavy atom. The van der Waals surface area contributed by atoms with E-state index in [1.54, 1.807) is 17.0 Å². The van der Waals surface area contributed by atoms with E-state index >= 15 is 0 Å². The predicted molar refractivity (Wildman–Crippen MR) is 118 cm³/mol. The summed E-state index contributed by atoms with van der Waals surface area (Å²) < 4.78 is 6.14. The maximum absolute atomic E-state index is 13.2. The summed E-state index contributed by atoms with van der Waals surface area (Å²) in [6, 6.07) is 3.16. The molecule has 10 heteroatoms. The maximum Gasteiger partial charge on any atom is 0.319 e. The van der Waals surface area contributed by atoms with Crippen molar-refractivity contribution in [3.05, 3.63) is 28.5 Å². The zero-order valence-electron chi connectivity index (χ0n) is 17.6. The van der Waals surface area contributed by atoms with E-state index in [1.165, 1.54) is 0 Å². The molecule has 1 aromatic heterocycles. The molecule has 3 N–H and O–H groups in total. The van der Waals surface area contributed by atoms with E-state index in [9.17, 15) is 14.4 Å². The number of carbonyl (C=O) groups is 3. The summed E-state index contributed by atoms with van der Waals surface area (Å²) in [6.45, 7) is 1.84. The molecule has 9 nitrogen and oxygen atoms in total. The molecule has 3 amide bonds. The highest BCUT2D eigenvalue weighted by Gasteiger charge is 2.44. The van der Waals surface area contributed by atoms with Crippen LogP contribution < -0.4 is 10.6 Å². The highest BCUT2D eigenvalue weighted by atomic mass is 35.5. The van der Waals surface area contributed by atoms with Crippen LogP contribution in [-0.4, -0.2) is 65.5 Å². The first kappa shape index (κ1) is 21.1. The number of aliphatic carboxylic acids is 1. The molecule has 0 atom stereocenters. The van der Waals surface area contributed by atoms with Gasteiger partial charge in [0.1, 0.15) is 5.58 Å². The molecule has 3 aliphatic rings. The molecular formula is C22H25ClN4O5.